The van der Waals surface area contributed by atoms with Crippen molar-refractivity contribution in [1.29, 1.82) is 0 Å². The summed E-state index contributed by atoms with van der Waals surface area (Å²) in [5.41, 5.74) is -2.07. The van der Waals surface area contributed by atoms with E-state index < -0.39 is 34.8 Å². The molecule has 0 spiro atoms. The van der Waals surface area contributed by atoms with Crippen LogP contribution >= 0.6 is 0 Å². The molecule has 1 aromatic heterocycles. The second kappa shape index (κ2) is 4.84. The Kier molecular flexibility index (Phi) is 3.53. The number of halogens is 3. The molecule has 0 aliphatic heterocycles. The molecule has 106 valence electrons. The van der Waals surface area contributed by atoms with Crippen molar-refractivity contribution in [2.75, 3.05) is 6.61 Å². The number of alkyl halides is 2. The highest BCUT2D eigenvalue weighted by Crippen LogP contribution is 2.58. The molecule has 2 rings (SSSR count). The molecule has 1 aliphatic rings. The highest BCUT2D eigenvalue weighted by Gasteiger charge is 2.67. The van der Waals surface area contributed by atoms with Gasteiger partial charge in [-0.15, -0.1) is 0 Å². The molecule has 0 bridgehead atoms. The molecular weight excluding hydrogens is 265 g/mol. The second-order valence-corrected chi connectivity index (χ2v) is 4.64. The van der Waals surface area contributed by atoms with Gasteiger partial charge >= 0.3 is 5.69 Å². The van der Waals surface area contributed by atoms with Gasteiger partial charge in [0.1, 0.15) is 0 Å². The predicted octanol–water partition coefficient (Wildman–Crippen LogP) is 0.329. The molecule has 1 aliphatic carbocycles. The number of aromatic amines is 1. The molecule has 0 aromatic carbocycles. The van der Waals surface area contributed by atoms with E-state index in [-0.39, 0.29) is 26.0 Å². The first-order chi connectivity index (χ1) is 8.87. The van der Waals surface area contributed by atoms with Crippen molar-refractivity contribution < 1.29 is 18.3 Å². The Morgan fingerprint density at radius 2 is 2.05 bits per heavy atom. The maximum Gasteiger partial charge on any atom is 0.328 e. The Hall–Kier alpha value is -1.57. The lowest BCUT2D eigenvalue weighted by Gasteiger charge is -2.03. The number of rotatable bonds is 5. The van der Waals surface area contributed by atoms with Gasteiger partial charge < -0.3 is 5.11 Å². The Bertz CT molecular complexity index is 581. The van der Waals surface area contributed by atoms with Crippen molar-refractivity contribution in [2.45, 2.75) is 25.3 Å². The number of aliphatic hydroxyl groups is 1. The Balaban J connectivity index is 2.13. The van der Waals surface area contributed by atoms with Gasteiger partial charge in [0.2, 0.25) is 5.82 Å². The van der Waals surface area contributed by atoms with E-state index in [1.54, 1.807) is 4.98 Å². The van der Waals surface area contributed by atoms with Gasteiger partial charge in [-0.25, -0.2) is 13.6 Å². The average molecular weight is 278 g/mol. The zero-order valence-electron chi connectivity index (χ0n) is 9.91. The first-order valence-corrected chi connectivity index (χ1v) is 5.86. The fraction of sp³-hybridized carbons (Fsp3) is 0.636. The van der Waals surface area contributed by atoms with Crippen LogP contribution in [0.4, 0.5) is 13.2 Å². The van der Waals surface area contributed by atoms with Crippen LogP contribution in [-0.2, 0) is 6.54 Å². The lowest BCUT2D eigenvalue weighted by Crippen LogP contribution is -2.32. The van der Waals surface area contributed by atoms with Crippen molar-refractivity contribution in [3.63, 3.8) is 0 Å². The van der Waals surface area contributed by atoms with Gasteiger partial charge in [0, 0.05) is 25.0 Å². The molecule has 19 heavy (non-hydrogen) atoms. The van der Waals surface area contributed by atoms with Crippen LogP contribution in [0.2, 0.25) is 0 Å². The zero-order valence-corrected chi connectivity index (χ0v) is 9.91. The summed E-state index contributed by atoms with van der Waals surface area (Å²) in [6.45, 7) is -0.526. The van der Waals surface area contributed by atoms with E-state index in [4.69, 9.17) is 5.11 Å². The normalized spacial score (nSPS) is 24.4. The van der Waals surface area contributed by atoms with E-state index in [9.17, 15) is 22.8 Å². The molecule has 8 heteroatoms. The van der Waals surface area contributed by atoms with Gasteiger partial charge in [-0.2, -0.15) is 4.39 Å². The summed E-state index contributed by atoms with van der Waals surface area (Å²) >= 11 is 0. The summed E-state index contributed by atoms with van der Waals surface area (Å²) < 4.78 is 40.6. The number of nitrogens with one attached hydrogen (secondary N) is 1. The standard InChI is InChI=1S/C11H13F3N2O3/c12-8-5-16(10(19)15-9(8)18)4-7-6(2-1-3-17)11(7,13)14/h5-7,17H,1-4H2,(H,15,18,19)/t6-,7+/m1/s1. The van der Waals surface area contributed by atoms with Crippen molar-refractivity contribution in [3.05, 3.63) is 32.9 Å². The third kappa shape index (κ3) is 2.58. The maximum absolute atomic E-state index is 13.4. The van der Waals surface area contributed by atoms with E-state index in [2.05, 4.69) is 0 Å². The fourth-order valence-corrected chi connectivity index (χ4v) is 2.24. The lowest BCUT2D eigenvalue weighted by molar-refractivity contribution is 0.0786. The first kappa shape index (κ1) is 13.9. The minimum Gasteiger partial charge on any atom is -0.396 e. The first-order valence-electron chi connectivity index (χ1n) is 5.86. The van der Waals surface area contributed by atoms with Gasteiger partial charge in [-0.3, -0.25) is 14.3 Å². The average Bonchev–Trinajstić information content (AvgIpc) is 2.84. The Morgan fingerprint density at radius 1 is 1.37 bits per heavy atom. The monoisotopic (exact) mass is 278 g/mol. The Labute approximate surface area is 105 Å². The maximum atomic E-state index is 13.4. The van der Waals surface area contributed by atoms with Crippen LogP contribution in [0.1, 0.15) is 12.8 Å². The molecule has 0 radical (unpaired) electrons. The molecule has 0 saturated heterocycles. The number of H-pyrrole nitrogens is 1. The number of hydrogen-bond acceptors (Lipinski definition) is 3. The molecule has 2 N–H and O–H groups in total. The van der Waals surface area contributed by atoms with Gasteiger partial charge in [-0.05, 0) is 12.8 Å². The van der Waals surface area contributed by atoms with Crippen molar-refractivity contribution in [2.24, 2.45) is 11.8 Å². The summed E-state index contributed by atoms with van der Waals surface area (Å²) in [4.78, 5) is 23.9. The highest BCUT2D eigenvalue weighted by molar-refractivity contribution is 5.05. The van der Waals surface area contributed by atoms with Crippen LogP contribution in [0.15, 0.2) is 15.8 Å². The van der Waals surface area contributed by atoms with E-state index >= 15 is 0 Å². The number of aliphatic hydroxyl groups excluding tert-OH is 1. The van der Waals surface area contributed by atoms with Crippen LogP contribution in [0.5, 0.6) is 0 Å². The third-order valence-electron chi connectivity index (χ3n) is 3.40. The predicted molar refractivity (Wildman–Crippen MR) is 59.5 cm³/mol. The number of hydrogen-bond donors (Lipinski definition) is 2. The van der Waals surface area contributed by atoms with Crippen molar-refractivity contribution in [3.8, 4) is 0 Å². The summed E-state index contributed by atoms with van der Waals surface area (Å²) in [5, 5.41) is 8.61. The summed E-state index contributed by atoms with van der Waals surface area (Å²) in [5.74, 6) is -6.08. The van der Waals surface area contributed by atoms with Crippen molar-refractivity contribution >= 4 is 0 Å². The smallest absolute Gasteiger partial charge is 0.328 e. The van der Waals surface area contributed by atoms with Gasteiger partial charge in [0.25, 0.3) is 11.5 Å². The molecule has 1 fully saturated rings. The summed E-state index contributed by atoms with van der Waals surface area (Å²) in [6.07, 6.45) is 1.04. The minimum absolute atomic E-state index is 0.148. The lowest BCUT2D eigenvalue weighted by atomic mass is 10.2. The summed E-state index contributed by atoms with van der Waals surface area (Å²) in [6, 6.07) is 0. The minimum atomic E-state index is -2.92. The molecule has 1 heterocycles. The van der Waals surface area contributed by atoms with Gasteiger partial charge in [-0.1, -0.05) is 0 Å². The van der Waals surface area contributed by atoms with Crippen LogP contribution in [-0.4, -0.2) is 27.2 Å². The molecule has 5 nitrogen and oxygen atoms in total. The van der Waals surface area contributed by atoms with Gasteiger partial charge in [0.05, 0.1) is 6.20 Å². The van der Waals surface area contributed by atoms with Crippen LogP contribution in [0.25, 0.3) is 0 Å². The second-order valence-electron chi connectivity index (χ2n) is 4.64. The Morgan fingerprint density at radius 3 is 2.68 bits per heavy atom. The van der Waals surface area contributed by atoms with Crippen LogP contribution in [0, 0.1) is 17.7 Å². The van der Waals surface area contributed by atoms with Crippen LogP contribution in [0.3, 0.4) is 0 Å². The molecule has 1 saturated carbocycles. The summed E-state index contributed by atoms with van der Waals surface area (Å²) in [7, 11) is 0. The van der Waals surface area contributed by atoms with E-state index in [0.717, 1.165) is 4.57 Å². The molecule has 0 amide bonds. The van der Waals surface area contributed by atoms with Gasteiger partial charge in [0.15, 0.2) is 0 Å². The molecule has 0 unspecified atom stereocenters. The zero-order chi connectivity index (χ0) is 14.2. The molecule has 2 atom stereocenters. The van der Waals surface area contributed by atoms with E-state index in [1.165, 1.54) is 0 Å². The highest BCUT2D eigenvalue weighted by atomic mass is 19.3. The topological polar surface area (TPSA) is 75.1 Å². The SMILES string of the molecule is O=c1[nH]c(=O)n(C[C@H]2[C@@H](CCCO)C2(F)F)cc1F. The van der Waals surface area contributed by atoms with E-state index in [0.29, 0.717) is 6.20 Å². The van der Waals surface area contributed by atoms with Crippen molar-refractivity contribution in [1.82, 2.24) is 9.55 Å². The van der Waals surface area contributed by atoms with Crippen LogP contribution < -0.4 is 11.2 Å². The number of aromatic nitrogens is 2. The molecular formula is C11H13F3N2O3. The number of nitrogens with zero attached hydrogens (tertiary/aromatic N) is 1. The third-order valence-corrected chi connectivity index (χ3v) is 3.40. The largest absolute Gasteiger partial charge is 0.396 e. The quantitative estimate of drug-likeness (QED) is 0.815. The molecule has 1 aromatic rings. The van der Waals surface area contributed by atoms with E-state index in [1.807, 2.05) is 0 Å². The fourth-order valence-electron chi connectivity index (χ4n) is 2.24.